The predicted octanol–water partition coefficient (Wildman–Crippen LogP) is 8.39. The lowest BCUT2D eigenvalue weighted by atomic mass is 10.2. The molecule has 0 amide bonds. The second kappa shape index (κ2) is 21.4. The molecule has 2 aliphatic heterocycles. The van der Waals surface area contributed by atoms with Crippen LogP contribution in [0.2, 0.25) is 20.1 Å². The highest BCUT2D eigenvalue weighted by molar-refractivity contribution is 9.10. The molecule has 0 spiro atoms. The lowest BCUT2D eigenvalue weighted by Gasteiger charge is -2.18. The zero-order valence-electron chi connectivity index (χ0n) is 31.6. The molecule has 61 heavy (non-hydrogen) atoms. The van der Waals surface area contributed by atoms with Crippen LogP contribution in [-0.4, -0.2) is 98.7 Å². The summed E-state index contributed by atoms with van der Waals surface area (Å²) in [6, 6.07) is 13.0. The van der Waals surface area contributed by atoms with Gasteiger partial charge in [0.1, 0.15) is 42.6 Å². The first-order chi connectivity index (χ1) is 28.1. The summed E-state index contributed by atoms with van der Waals surface area (Å²) in [4.78, 5) is -0.838. The van der Waals surface area contributed by atoms with Crippen molar-refractivity contribution in [3.63, 3.8) is 0 Å². The van der Waals surface area contributed by atoms with Crippen LogP contribution in [0.3, 0.4) is 0 Å². The van der Waals surface area contributed by atoms with Crippen LogP contribution in [0.15, 0.2) is 79.4 Å². The summed E-state index contributed by atoms with van der Waals surface area (Å²) in [5.74, 6) is 0.259. The third-order valence-electron chi connectivity index (χ3n) is 8.34. The van der Waals surface area contributed by atoms with E-state index < -0.39 is 61.4 Å². The molecule has 6 rings (SSSR count). The van der Waals surface area contributed by atoms with Crippen molar-refractivity contribution in [2.75, 3.05) is 44.4 Å². The minimum Gasteiger partial charge on any atom is -0.507 e. The molecule has 2 heterocycles. The van der Waals surface area contributed by atoms with Gasteiger partial charge < -0.3 is 25.0 Å². The van der Waals surface area contributed by atoms with Crippen molar-refractivity contribution in [3.05, 3.63) is 89.7 Å². The minimum atomic E-state index is -4.11. The molecule has 2 fully saturated rings. The van der Waals surface area contributed by atoms with Gasteiger partial charge >= 0.3 is 0 Å². The molecule has 2 saturated heterocycles. The summed E-state index contributed by atoms with van der Waals surface area (Å²) in [7, 11) is -9.21. The van der Waals surface area contributed by atoms with E-state index >= 15 is 0 Å². The van der Waals surface area contributed by atoms with E-state index in [4.69, 9.17) is 66.6 Å². The van der Waals surface area contributed by atoms with Crippen LogP contribution in [0.5, 0.6) is 34.5 Å². The van der Waals surface area contributed by atoms with E-state index in [0.717, 1.165) is 48.3 Å². The van der Waals surface area contributed by atoms with Crippen molar-refractivity contribution in [1.82, 2.24) is 14.3 Å². The number of sulfone groups is 1. The molecular weight excluding hydrogens is 1120 g/mol. The molecule has 0 radical (unpaired) electrons. The largest absolute Gasteiger partial charge is 0.507 e. The molecule has 0 saturated carbocycles. The Morgan fingerprint density at radius 3 is 1.61 bits per heavy atom. The summed E-state index contributed by atoms with van der Waals surface area (Å²) in [5, 5.41) is 23.7. The van der Waals surface area contributed by atoms with E-state index in [0.29, 0.717) is 27.0 Å². The van der Waals surface area contributed by atoms with Crippen LogP contribution in [0.25, 0.3) is 0 Å². The predicted molar refractivity (Wildman–Crippen MR) is 244 cm³/mol. The summed E-state index contributed by atoms with van der Waals surface area (Å²) in [5.41, 5.74) is 0. The number of halogens is 7. The van der Waals surface area contributed by atoms with Crippen LogP contribution in [0.1, 0.15) is 12.8 Å². The highest BCUT2D eigenvalue weighted by Gasteiger charge is 2.35. The molecule has 336 valence electrons. The molecule has 0 aromatic heterocycles. The van der Waals surface area contributed by atoms with Crippen LogP contribution in [0.4, 0.5) is 0 Å². The summed E-state index contributed by atoms with van der Waals surface area (Å²) in [6.07, 6.45) is 3.63. The number of nitrogens with one attached hydrogen (secondary N) is 2. The number of sulfonamides is 2. The fourth-order valence-electron chi connectivity index (χ4n) is 5.78. The molecule has 2 atom stereocenters. The first-order valence-electron chi connectivity index (χ1n) is 17.2. The molecule has 4 N–H and O–H groups in total. The van der Waals surface area contributed by atoms with Gasteiger partial charge in [-0.05, 0) is 80.4 Å². The third kappa shape index (κ3) is 15.7. The Morgan fingerprint density at radius 2 is 1.20 bits per heavy atom. The van der Waals surface area contributed by atoms with Crippen molar-refractivity contribution in [3.8, 4) is 34.5 Å². The zero-order chi connectivity index (χ0) is 45.7. The number of aromatic hydroxyl groups is 2. The maximum atomic E-state index is 13.0. The van der Waals surface area contributed by atoms with Crippen LogP contribution < -0.4 is 19.5 Å². The Bertz CT molecular complexity index is 2670. The van der Waals surface area contributed by atoms with Gasteiger partial charge in [-0.3, -0.25) is 0 Å². The molecule has 0 bridgehead atoms. The first kappa shape index (κ1) is 51.8. The molecule has 0 aliphatic carbocycles. The van der Waals surface area contributed by atoms with Crippen LogP contribution in [-0.2, 0) is 38.9 Å². The summed E-state index contributed by atoms with van der Waals surface area (Å²) < 4.78 is 109. The fraction of sp³-hybridized carbons (Fsp3) is 0.314. The second-order valence-corrected chi connectivity index (χ2v) is 25.4. The highest BCUT2D eigenvalue weighted by atomic mass is 79.9. The highest BCUT2D eigenvalue weighted by Crippen LogP contribution is 2.42. The standard InChI is InChI=1S/C17H17BrCl2N2O6S2.C12H6BrCl3O4S.C6H13NO2S/c1-29(24,25)21-11-4-5-22(9-11)30(26,27)16-8-12(2-3-15(16)23)28-17-13(19)6-10(18)7-14(17)20;13-6-3-8(14)12(9(15)4-6)20-7-1-2-10(17)11(5-7)21(16,18)19;1-10(8,9)5-6-2-3-7-4-6/h2-3,6-8,11,21,23H,4-5,9H2,1H3;1-5,17H;6-7H,2-5H2,1H3/t11-;;6-/m1.0/s1. The van der Waals surface area contributed by atoms with Crippen molar-refractivity contribution < 1.29 is 53.4 Å². The number of hydrogen-bond acceptors (Lipinski definition) is 13. The topological polar surface area (TPSA) is 223 Å². The van der Waals surface area contributed by atoms with E-state index in [2.05, 4.69) is 41.9 Å². The van der Waals surface area contributed by atoms with Gasteiger partial charge in [-0.15, -0.1) is 0 Å². The minimum absolute atomic E-state index is 0.0513. The Balaban J connectivity index is 0.000000228. The molecule has 26 heteroatoms. The lowest BCUT2D eigenvalue weighted by molar-refractivity contribution is 0.434. The average molecular weight is 1160 g/mol. The number of nitrogens with zero attached hydrogens (tertiary/aromatic N) is 1. The summed E-state index contributed by atoms with van der Waals surface area (Å²) >= 11 is 30.8. The normalized spacial score (nSPS) is 17.2. The van der Waals surface area contributed by atoms with Crippen molar-refractivity contribution in [2.24, 2.45) is 5.92 Å². The number of benzene rings is 4. The van der Waals surface area contributed by atoms with E-state index in [9.17, 15) is 43.9 Å². The smallest absolute Gasteiger partial charge is 0.265 e. The van der Waals surface area contributed by atoms with E-state index in [1.54, 1.807) is 24.3 Å². The molecule has 2 aliphatic rings. The SMILES string of the molecule is CS(=O)(=O)C[C@H]1CCNC1.CS(=O)(=O)N[C@@H]1CCN(S(=O)(=O)c2cc(Oc3c(Cl)cc(Br)cc3Cl)ccc2O)C1.O=S(=O)(Cl)c1cc(Oc2c(Cl)cc(Br)cc2Cl)ccc1O. The maximum absolute atomic E-state index is 13.0. The first-order valence-corrected chi connectivity index (χ1v) is 28.0. The van der Waals surface area contributed by atoms with Gasteiger partial charge in [-0.2, -0.15) is 4.31 Å². The van der Waals surface area contributed by atoms with E-state index in [1.807, 2.05) is 0 Å². The Labute approximate surface area is 395 Å². The number of phenols is 2. The number of hydrogen-bond donors (Lipinski definition) is 4. The molecule has 15 nitrogen and oxygen atoms in total. The molecular formula is C35H36Br2Cl5N3O12S4. The van der Waals surface area contributed by atoms with Crippen molar-refractivity contribution in [2.45, 2.75) is 28.7 Å². The van der Waals surface area contributed by atoms with Gasteiger partial charge in [0.15, 0.2) is 11.5 Å². The Morgan fingerprint density at radius 1 is 0.738 bits per heavy atom. The van der Waals surface area contributed by atoms with Gasteiger partial charge in [0.2, 0.25) is 20.0 Å². The monoisotopic (exact) mass is 1150 g/mol. The van der Waals surface area contributed by atoms with Crippen LogP contribution in [0, 0.1) is 5.92 Å². The van der Waals surface area contributed by atoms with Gasteiger partial charge in [-0.25, -0.2) is 38.4 Å². The number of rotatable bonds is 11. The van der Waals surface area contributed by atoms with Gasteiger partial charge in [0.25, 0.3) is 9.05 Å². The number of ether oxygens (including phenoxy) is 2. The number of phenolic OH excluding ortho intramolecular Hbond substituents is 2. The van der Waals surface area contributed by atoms with Gasteiger partial charge in [0, 0.05) is 57.1 Å². The summed E-state index contributed by atoms with van der Waals surface area (Å²) in [6.45, 7) is 1.89. The zero-order valence-corrected chi connectivity index (χ0v) is 41.8. The fourth-order valence-corrected chi connectivity index (χ4v) is 12.8. The Hall–Kier alpha value is -1.83. The van der Waals surface area contributed by atoms with E-state index in [-0.39, 0.29) is 61.1 Å². The quantitative estimate of drug-likeness (QED) is 0.104. The lowest BCUT2D eigenvalue weighted by Crippen LogP contribution is -2.37. The third-order valence-corrected chi connectivity index (χ3v) is 15.5. The van der Waals surface area contributed by atoms with Crippen LogP contribution >= 0.6 is 88.9 Å². The van der Waals surface area contributed by atoms with E-state index in [1.165, 1.54) is 24.5 Å². The molecule has 0 unspecified atom stereocenters. The maximum Gasteiger partial charge on any atom is 0.265 e. The van der Waals surface area contributed by atoms with Crippen molar-refractivity contribution >= 4 is 128 Å². The molecule has 4 aromatic rings. The van der Waals surface area contributed by atoms with Gasteiger partial charge in [0.05, 0.1) is 32.1 Å². The second-order valence-electron chi connectivity index (χ2n) is 13.5. The molecule has 4 aromatic carbocycles. The Kier molecular flexibility index (Phi) is 18.2. The average Bonchev–Trinajstić information content (AvgIpc) is 3.80. The van der Waals surface area contributed by atoms with Gasteiger partial charge in [-0.1, -0.05) is 78.3 Å². The van der Waals surface area contributed by atoms with Crippen molar-refractivity contribution in [1.29, 1.82) is 0 Å².